The van der Waals surface area contributed by atoms with Crippen molar-refractivity contribution in [3.05, 3.63) is 0 Å². The third kappa shape index (κ3) is 1.82. The molecule has 0 radical (unpaired) electrons. The molecule has 0 amide bonds. The second-order valence-electron chi connectivity index (χ2n) is 5.98. The van der Waals surface area contributed by atoms with Crippen molar-refractivity contribution in [1.29, 1.82) is 0 Å². The van der Waals surface area contributed by atoms with Crippen LogP contribution in [0, 0.1) is 0 Å². The number of hydrogen-bond donors (Lipinski definition) is 0. The highest BCUT2D eigenvalue weighted by Crippen LogP contribution is 2.30. The van der Waals surface area contributed by atoms with Crippen LogP contribution in [0.5, 0.6) is 0 Å². The topological polar surface area (TPSA) is 6.48 Å². The van der Waals surface area contributed by atoms with E-state index in [1.165, 1.54) is 32.4 Å². The Morgan fingerprint density at radius 1 is 1.00 bits per heavy atom. The molecule has 2 saturated heterocycles. The molecule has 0 saturated carbocycles. The molecule has 82 valence electrons. The van der Waals surface area contributed by atoms with Crippen molar-refractivity contribution in [3.63, 3.8) is 0 Å². The van der Waals surface area contributed by atoms with Crippen molar-refractivity contribution in [2.45, 2.75) is 57.7 Å². The number of likely N-dealkylation sites (N-methyl/N-ethyl adjacent to an activating group) is 1. The summed E-state index contributed by atoms with van der Waals surface area (Å²) in [7, 11) is 2.31. The lowest BCUT2D eigenvalue weighted by Gasteiger charge is -2.52. The zero-order valence-electron chi connectivity index (χ0n) is 10.1. The fourth-order valence-electron chi connectivity index (χ4n) is 2.87. The van der Waals surface area contributed by atoms with E-state index < -0.39 is 0 Å². The maximum absolute atomic E-state index is 2.67. The zero-order valence-corrected chi connectivity index (χ0v) is 10.1. The smallest absolute Gasteiger partial charge is 0.0223 e. The van der Waals surface area contributed by atoms with Gasteiger partial charge in [0.15, 0.2) is 0 Å². The molecule has 0 aromatic heterocycles. The molecule has 2 rings (SSSR count). The normalized spacial score (nSPS) is 36.0. The Hall–Kier alpha value is -0.0800. The Morgan fingerprint density at radius 3 is 1.93 bits per heavy atom. The molecule has 2 aliphatic heterocycles. The van der Waals surface area contributed by atoms with Gasteiger partial charge in [0, 0.05) is 30.7 Å². The van der Waals surface area contributed by atoms with E-state index >= 15 is 0 Å². The highest BCUT2D eigenvalue weighted by Gasteiger charge is 2.38. The number of fused-ring (bicyclic) bond motifs is 2. The Kier molecular flexibility index (Phi) is 2.61. The molecule has 0 aromatic rings. The van der Waals surface area contributed by atoms with Crippen LogP contribution in [0.2, 0.25) is 0 Å². The van der Waals surface area contributed by atoms with Crippen molar-refractivity contribution in [1.82, 2.24) is 9.80 Å². The Morgan fingerprint density at radius 2 is 1.50 bits per heavy atom. The van der Waals surface area contributed by atoms with Gasteiger partial charge in [0.1, 0.15) is 0 Å². The van der Waals surface area contributed by atoms with Gasteiger partial charge in [-0.15, -0.1) is 0 Å². The first-order valence-electron chi connectivity index (χ1n) is 5.95. The van der Waals surface area contributed by atoms with Crippen LogP contribution in [0.4, 0.5) is 0 Å². The summed E-state index contributed by atoms with van der Waals surface area (Å²) in [5.41, 5.74) is 0.356. The highest BCUT2D eigenvalue weighted by atomic mass is 15.3. The summed E-state index contributed by atoms with van der Waals surface area (Å²) in [5, 5.41) is 0. The summed E-state index contributed by atoms with van der Waals surface area (Å²) in [6.45, 7) is 9.57. The first kappa shape index (κ1) is 10.4. The van der Waals surface area contributed by atoms with Crippen LogP contribution < -0.4 is 0 Å². The maximum atomic E-state index is 2.67. The van der Waals surface area contributed by atoms with Crippen molar-refractivity contribution in [2.24, 2.45) is 0 Å². The third-order valence-electron chi connectivity index (χ3n) is 4.04. The average Bonchev–Trinajstić information content (AvgIpc) is 2.00. The van der Waals surface area contributed by atoms with Gasteiger partial charge in [0.2, 0.25) is 0 Å². The van der Waals surface area contributed by atoms with Gasteiger partial charge in [-0.1, -0.05) is 6.42 Å². The average molecular weight is 196 g/mol. The van der Waals surface area contributed by atoms with Crippen LogP contribution in [0.1, 0.15) is 40.0 Å². The summed E-state index contributed by atoms with van der Waals surface area (Å²) < 4.78 is 0. The van der Waals surface area contributed by atoms with Gasteiger partial charge in [-0.25, -0.2) is 0 Å². The minimum absolute atomic E-state index is 0.356. The van der Waals surface area contributed by atoms with Gasteiger partial charge in [-0.3, -0.25) is 9.80 Å². The number of nitrogens with zero attached hydrogens (tertiary/aromatic N) is 2. The Labute approximate surface area is 88.3 Å². The predicted molar refractivity (Wildman–Crippen MR) is 60.5 cm³/mol. The van der Waals surface area contributed by atoms with Crippen molar-refractivity contribution in [2.75, 3.05) is 20.1 Å². The maximum Gasteiger partial charge on any atom is 0.0223 e. The van der Waals surface area contributed by atoms with Crippen LogP contribution in [0.3, 0.4) is 0 Å². The molecular formula is C12H24N2. The minimum Gasteiger partial charge on any atom is -0.298 e. The summed E-state index contributed by atoms with van der Waals surface area (Å²) in [6, 6.07) is 1.64. The summed E-state index contributed by atoms with van der Waals surface area (Å²) >= 11 is 0. The van der Waals surface area contributed by atoms with Crippen LogP contribution in [-0.2, 0) is 0 Å². The molecule has 2 unspecified atom stereocenters. The van der Waals surface area contributed by atoms with Crippen LogP contribution in [0.25, 0.3) is 0 Å². The van der Waals surface area contributed by atoms with Gasteiger partial charge in [-0.2, -0.15) is 0 Å². The molecular weight excluding hydrogens is 172 g/mol. The lowest BCUT2D eigenvalue weighted by molar-refractivity contribution is -0.0280. The van der Waals surface area contributed by atoms with Gasteiger partial charge < -0.3 is 0 Å². The SMILES string of the molecule is CN1C2CCCC1CN(C(C)(C)C)C2. The zero-order chi connectivity index (χ0) is 10.3. The molecule has 2 nitrogen and oxygen atoms in total. The summed E-state index contributed by atoms with van der Waals surface area (Å²) in [5.74, 6) is 0. The molecule has 2 heteroatoms. The molecule has 2 fully saturated rings. The second kappa shape index (κ2) is 3.49. The van der Waals surface area contributed by atoms with Gasteiger partial charge >= 0.3 is 0 Å². The van der Waals surface area contributed by atoms with E-state index in [9.17, 15) is 0 Å². The van der Waals surface area contributed by atoms with Crippen LogP contribution >= 0.6 is 0 Å². The lowest BCUT2D eigenvalue weighted by Crippen LogP contribution is -2.62. The van der Waals surface area contributed by atoms with Crippen molar-refractivity contribution in [3.8, 4) is 0 Å². The monoisotopic (exact) mass is 196 g/mol. The molecule has 2 atom stereocenters. The van der Waals surface area contributed by atoms with E-state index in [0.717, 1.165) is 12.1 Å². The first-order valence-corrected chi connectivity index (χ1v) is 5.95. The van der Waals surface area contributed by atoms with E-state index in [1.54, 1.807) is 0 Å². The number of likely N-dealkylation sites (tertiary alicyclic amines) is 1. The predicted octanol–water partition coefficient (Wildman–Crippen LogP) is 1.95. The van der Waals surface area contributed by atoms with Gasteiger partial charge in [0.25, 0.3) is 0 Å². The van der Waals surface area contributed by atoms with Crippen molar-refractivity contribution < 1.29 is 0 Å². The fourth-order valence-corrected chi connectivity index (χ4v) is 2.87. The number of piperazine rings is 1. The quantitative estimate of drug-likeness (QED) is 0.584. The Bertz CT molecular complexity index is 193. The first-order chi connectivity index (χ1) is 6.48. The van der Waals surface area contributed by atoms with E-state index in [4.69, 9.17) is 0 Å². The van der Waals surface area contributed by atoms with E-state index in [1.807, 2.05) is 0 Å². The standard InChI is InChI=1S/C12H24N2/c1-12(2,3)14-8-10-6-5-7-11(9-14)13(10)4/h10-11H,5-9H2,1-4H3. The molecule has 0 spiro atoms. The molecule has 2 aliphatic rings. The minimum atomic E-state index is 0.356. The lowest BCUT2D eigenvalue weighted by atomic mass is 9.89. The molecule has 0 N–H and O–H groups in total. The molecule has 2 heterocycles. The molecule has 0 aliphatic carbocycles. The Balaban J connectivity index is 2.08. The highest BCUT2D eigenvalue weighted by molar-refractivity contribution is 4.94. The second-order valence-corrected chi connectivity index (χ2v) is 5.98. The number of hydrogen-bond acceptors (Lipinski definition) is 2. The molecule has 2 bridgehead atoms. The van der Waals surface area contributed by atoms with E-state index in [2.05, 4.69) is 37.6 Å². The van der Waals surface area contributed by atoms with Crippen LogP contribution in [-0.4, -0.2) is 47.6 Å². The number of rotatable bonds is 0. The van der Waals surface area contributed by atoms with E-state index in [0.29, 0.717) is 5.54 Å². The summed E-state index contributed by atoms with van der Waals surface area (Å²) in [6.07, 6.45) is 4.25. The van der Waals surface area contributed by atoms with Crippen LogP contribution in [0.15, 0.2) is 0 Å². The largest absolute Gasteiger partial charge is 0.298 e. The van der Waals surface area contributed by atoms with Crippen molar-refractivity contribution >= 4 is 0 Å². The van der Waals surface area contributed by atoms with E-state index in [-0.39, 0.29) is 0 Å². The van der Waals surface area contributed by atoms with Gasteiger partial charge in [-0.05, 0) is 40.7 Å². The third-order valence-corrected chi connectivity index (χ3v) is 4.04. The molecule has 14 heavy (non-hydrogen) atoms. The number of piperidine rings is 1. The summed E-state index contributed by atoms with van der Waals surface area (Å²) in [4.78, 5) is 5.28. The molecule has 0 aromatic carbocycles. The van der Waals surface area contributed by atoms with Gasteiger partial charge in [0.05, 0.1) is 0 Å². The fraction of sp³-hybridized carbons (Fsp3) is 1.00.